The van der Waals surface area contributed by atoms with Gasteiger partial charge in [0.1, 0.15) is 5.82 Å². The van der Waals surface area contributed by atoms with Crippen LogP contribution in [-0.4, -0.2) is 23.4 Å². The van der Waals surface area contributed by atoms with Crippen LogP contribution in [0.3, 0.4) is 0 Å². The number of rotatable bonds is 3. The smallest absolute Gasteiger partial charge is 0.229 e. The van der Waals surface area contributed by atoms with Crippen LogP contribution in [0.2, 0.25) is 0 Å². The molecular formula is C23H22FN3OS. The van der Waals surface area contributed by atoms with Gasteiger partial charge >= 0.3 is 0 Å². The van der Waals surface area contributed by atoms with Crippen LogP contribution in [0.5, 0.6) is 0 Å². The molecule has 0 bridgehead atoms. The van der Waals surface area contributed by atoms with Crippen molar-refractivity contribution in [3.05, 3.63) is 76.1 Å². The molecule has 0 unspecified atom stereocenters. The fourth-order valence-electron chi connectivity index (χ4n) is 3.82. The summed E-state index contributed by atoms with van der Waals surface area (Å²) in [5, 5.41) is 10.6. The van der Waals surface area contributed by atoms with Gasteiger partial charge in [-0.1, -0.05) is 62.0 Å². The molecule has 1 fully saturated rings. The van der Waals surface area contributed by atoms with E-state index in [9.17, 15) is 14.4 Å². The molecule has 2 aromatic rings. The third-order valence-electron chi connectivity index (χ3n) is 5.49. The summed E-state index contributed by atoms with van der Waals surface area (Å²) < 4.78 is 14.2. The number of halogens is 1. The van der Waals surface area contributed by atoms with Crippen molar-refractivity contribution in [2.45, 2.75) is 32.1 Å². The summed E-state index contributed by atoms with van der Waals surface area (Å²) in [6.07, 6.45) is 0.249. The Morgan fingerprint density at radius 2 is 1.90 bits per heavy atom. The number of amides is 1. The normalized spacial score (nSPS) is 19.4. The van der Waals surface area contributed by atoms with Crippen molar-refractivity contribution >= 4 is 23.4 Å². The zero-order chi connectivity index (χ0) is 20.5. The van der Waals surface area contributed by atoms with Crippen LogP contribution in [0.25, 0.3) is 0 Å². The predicted molar refractivity (Wildman–Crippen MR) is 114 cm³/mol. The molecule has 1 amide bonds. The lowest BCUT2D eigenvalue weighted by Gasteiger charge is -2.42. The number of carbonyl (C=O) groups excluding carboxylic acids is 1. The Bertz CT molecular complexity index is 1010. The molecule has 0 aromatic heterocycles. The van der Waals surface area contributed by atoms with Gasteiger partial charge in [-0.25, -0.2) is 4.39 Å². The standard InChI is InChI=1S/C23H22FN3OS/c1-15(2)16-7-9-17(10-8-16)18-11-22(28)27-13-26(14-29-23(27)19(18)12-25)21-6-4-3-5-20(21)24/h3-10,15,18H,11,13-14H2,1-2H3/t18-/m0/s1. The van der Waals surface area contributed by atoms with Gasteiger partial charge in [0.2, 0.25) is 5.91 Å². The second-order valence-electron chi connectivity index (χ2n) is 7.64. The molecule has 0 aliphatic carbocycles. The highest BCUT2D eigenvalue weighted by molar-refractivity contribution is 8.03. The monoisotopic (exact) mass is 407 g/mol. The maximum Gasteiger partial charge on any atom is 0.229 e. The van der Waals surface area contributed by atoms with Crippen LogP contribution in [0.1, 0.15) is 43.2 Å². The maximum atomic E-state index is 14.2. The third kappa shape index (κ3) is 3.63. The largest absolute Gasteiger partial charge is 0.341 e. The van der Waals surface area contributed by atoms with Crippen molar-refractivity contribution in [1.82, 2.24) is 4.90 Å². The predicted octanol–water partition coefficient (Wildman–Crippen LogP) is 5.17. The zero-order valence-electron chi connectivity index (χ0n) is 16.4. The Balaban J connectivity index is 1.65. The SMILES string of the molecule is CC(C)c1ccc([C@@H]2CC(=O)N3CN(c4ccccc4F)CSC3=C2C#N)cc1. The number of allylic oxidation sites excluding steroid dienone is 1. The summed E-state index contributed by atoms with van der Waals surface area (Å²) in [6.45, 7) is 4.53. The zero-order valence-corrected chi connectivity index (χ0v) is 17.2. The van der Waals surface area contributed by atoms with Gasteiger partial charge < -0.3 is 4.90 Å². The molecule has 29 heavy (non-hydrogen) atoms. The minimum atomic E-state index is -0.311. The van der Waals surface area contributed by atoms with E-state index >= 15 is 0 Å². The maximum absolute atomic E-state index is 14.2. The van der Waals surface area contributed by atoms with E-state index in [-0.39, 0.29) is 30.7 Å². The summed E-state index contributed by atoms with van der Waals surface area (Å²) in [5.74, 6) is 0.343. The molecule has 2 aromatic carbocycles. The van der Waals surface area contributed by atoms with Gasteiger partial charge in [0, 0.05) is 12.3 Å². The highest BCUT2D eigenvalue weighted by Gasteiger charge is 2.38. The van der Waals surface area contributed by atoms with E-state index in [4.69, 9.17) is 0 Å². The van der Waals surface area contributed by atoms with Gasteiger partial charge in [-0.3, -0.25) is 9.69 Å². The molecule has 0 spiro atoms. The van der Waals surface area contributed by atoms with Crippen LogP contribution >= 0.6 is 11.8 Å². The fourth-order valence-corrected chi connectivity index (χ4v) is 4.98. The van der Waals surface area contributed by atoms with Gasteiger partial charge in [-0.2, -0.15) is 5.26 Å². The average molecular weight is 408 g/mol. The minimum absolute atomic E-state index is 0.0366. The van der Waals surface area contributed by atoms with E-state index in [0.29, 0.717) is 28.1 Å². The summed E-state index contributed by atoms with van der Waals surface area (Å²) in [4.78, 5) is 16.4. The number of para-hydroxylation sites is 1. The van der Waals surface area contributed by atoms with E-state index < -0.39 is 0 Å². The van der Waals surface area contributed by atoms with Crippen LogP contribution in [-0.2, 0) is 4.79 Å². The number of carbonyl (C=O) groups is 1. The number of thioether (sulfide) groups is 1. The van der Waals surface area contributed by atoms with Crippen molar-refractivity contribution in [1.29, 1.82) is 5.26 Å². The number of fused-ring (bicyclic) bond motifs is 1. The Labute approximate surface area is 174 Å². The quantitative estimate of drug-likeness (QED) is 0.704. The molecule has 0 radical (unpaired) electrons. The van der Waals surface area contributed by atoms with E-state index in [1.807, 2.05) is 17.0 Å². The molecule has 6 heteroatoms. The number of hydrogen-bond donors (Lipinski definition) is 0. The molecule has 2 heterocycles. The topological polar surface area (TPSA) is 47.3 Å². The van der Waals surface area contributed by atoms with Gasteiger partial charge in [0.15, 0.2) is 0 Å². The molecular weight excluding hydrogens is 385 g/mol. The molecule has 148 valence electrons. The van der Waals surface area contributed by atoms with Gasteiger partial charge in [-0.05, 0) is 29.2 Å². The molecule has 4 rings (SSSR count). The minimum Gasteiger partial charge on any atom is -0.341 e. The Kier molecular flexibility index (Phi) is 5.33. The van der Waals surface area contributed by atoms with Crippen LogP contribution < -0.4 is 4.90 Å². The molecule has 1 saturated heterocycles. The Morgan fingerprint density at radius 1 is 1.17 bits per heavy atom. The molecule has 2 aliphatic heterocycles. The number of nitrogens with zero attached hydrogens (tertiary/aromatic N) is 3. The van der Waals surface area contributed by atoms with Gasteiger partial charge in [0.25, 0.3) is 0 Å². The summed E-state index contributed by atoms with van der Waals surface area (Å²) in [7, 11) is 0. The lowest BCUT2D eigenvalue weighted by molar-refractivity contribution is -0.129. The molecule has 0 saturated carbocycles. The summed E-state index contributed by atoms with van der Waals surface area (Å²) in [6, 6.07) is 17.1. The third-order valence-corrected chi connectivity index (χ3v) is 6.65. The van der Waals surface area contributed by atoms with E-state index in [1.54, 1.807) is 23.1 Å². The average Bonchev–Trinajstić information content (AvgIpc) is 2.74. The molecule has 1 atom stereocenters. The first-order valence-electron chi connectivity index (χ1n) is 9.66. The van der Waals surface area contributed by atoms with Crippen molar-refractivity contribution in [2.24, 2.45) is 0 Å². The van der Waals surface area contributed by atoms with Crippen molar-refractivity contribution < 1.29 is 9.18 Å². The van der Waals surface area contributed by atoms with E-state index in [0.717, 1.165) is 5.56 Å². The van der Waals surface area contributed by atoms with E-state index in [1.165, 1.54) is 23.4 Å². The fraction of sp³-hybridized carbons (Fsp3) is 0.304. The first-order chi connectivity index (χ1) is 14.0. The van der Waals surface area contributed by atoms with Crippen molar-refractivity contribution in [3.63, 3.8) is 0 Å². The lowest BCUT2D eigenvalue weighted by Crippen LogP contribution is -2.47. The molecule has 0 N–H and O–H groups in total. The number of hydrogen-bond acceptors (Lipinski definition) is 4. The van der Waals surface area contributed by atoms with Gasteiger partial charge in [0.05, 0.1) is 34.9 Å². The second kappa shape index (κ2) is 7.92. The van der Waals surface area contributed by atoms with Crippen LogP contribution in [0.15, 0.2) is 59.1 Å². The molecule has 4 nitrogen and oxygen atoms in total. The first-order valence-corrected chi connectivity index (χ1v) is 10.6. The second-order valence-corrected chi connectivity index (χ2v) is 8.57. The molecule has 2 aliphatic rings. The highest BCUT2D eigenvalue weighted by Crippen LogP contribution is 2.43. The summed E-state index contributed by atoms with van der Waals surface area (Å²) >= 11 is 1.42. The number of anilines is 1. The van der Waals surface area contributed by atoms with Crippen molar-refractivity contribution in [2.75, 3.05) is 17.4 Å². The van der Waals surface area contributed by atoms with E-state index in [2.05, 4.69) is 32.0 Å². The van der Waals surface area contributed by atoms with Gasteiger partial charge in [-0.15, -0.1) is 0 Å². The van der Waals surface area contributed by atoms with Crippen LogP contribution in [0.4, 0.5) is 10.1 Å². The Hall–Kier alpha value is -2.78. The van der Waals surface area contributed by atoms with Crippen LogP contribution in [0, 0.1) is 17.1 Å². The number of nitriles is 1. The number of benzene rings is 2. The summed E-state index contributed by atoms with van der Waals surface area (Å²) in [5.41, 5.74) is 3.32. The highest BCUT2D eigenvalue weighted by atomic mass is 32.2. The first kappa shape index (κ1) is 19.5. The van der Waals surface area contributed by atoms with Crippen molar-refractivity contribution in [3.8, 4) is 6.07 Å². The lowest BCUT2D eigenvalue weighted by atomic mass is 9.85. The Morgan fingerprint density at radius 3 is 2.55 bits per heavy atom.